The molecule has 2 aromatic carbocycles. The number of aryl methyl sites for hydroxylation is 1. The van der Waals surface area contributed by atoms with Crippen molar-refractivity contribution in [3.63, 3.8) is 0 Å². The lowest BCUT2D eigenvalue weighted by atomic mass is 9.85. The van der Waals surface area contributed by atoms with Gasteiger partial charge in [-0.3, -0.25) is 4.79 Å². The number of Topliss-reactive ketones (excluding diaryl/α,β-unsaturated/α-hetero) is 1. The fourth-order valence-corrected chi connectivity index (χ4v) is 4.17. The van der Waals surface area contributed by atoms with E-state index in [2.05, 4.69) is 5.32 Å². The highest BCUT2D eigenvalue weighted by molar-refractivity contribution is 6.30. The van der Waals surface area contributed by atoms with E-state index in [1.165, 1.54) is 0 Å². The number of aromatic nitrogens is 3. The molecule has 0 saturated heterocycles. The zero-order valence-electron chi connectivity index (χ0n) is 15.4. The van der Waals surface area contributed by atoms with E-state index >= 15 is 0 Å². The fourth-order valence-electron chi connectivity index (χ4n) is 4.05. The quantitative estimate of drug-likeness (QED) is 0.674. The third kappa shape index (κ3) is 2.74. The average molecular weight is 391 g/mol. The predicted molar refractivity (Wildman–Crippen MR) is 109 cm³/mol. The Morgan fingerprint density at radius 1 is 1.11 bits per heavy atom. The van der Waals surface area contributed by atoms with E-state index in [-0.39, 0.29) is 11.8 Å². The summed E-state index contributed by atoms with van der Waals surface area (Å²) in [6.07, 6.45) is 2.27. The van der Waals surface area contributed by atoms with Crippen LogP contribution in [0.2, 0.25) is 5.02 Å². The van der Waals surface area contributed by atoms with Gasteiger partial charge < -0.3 is 5.32 Å². The summed E-state index contributed by atoms with van der Waals surface area (Å²) in [4.78, 5) is 17.6. The third-order valence-electron chi connectivity index (χ3n) is 5.44. The summed E-state index contributed by atoms with van der Waals surface area (Å²) < 4.78 is 1.84. The summed E-state index contributed by atoms with van der Waals surface area (Å²) in [6.45, 7) is 2.05. The van der Waals surface area contributed by atoms with Crippen molar-refractivity contribution >= 4 is 23.3 Å². The number of nitrogens with zero attached hydrogens (tertiary/aromatic N) is 3. The Balaban J connectivity index is 1.69. The van der Waals surface area contributed by atoms with Gasteiger partial charge in [0.15, 0.2) is 11.6 Å². The number of halogens is 1. The van der Waals surface area contributed by atoms with Gasteiger partial charge in [0.1, 0.15) is 6.04 Å². The highest BCUT2D eigenvalue weighted by atomic mass is 35.5. The number of carbonyl (C=O) groups excluding carboxylic acids is 1. The Hall–Kier alpha value is -2.92. The molecule has 6 heteroatoms. The van der Waals surface area contributed by atoms with Gasteiger partial charge in [0.2, 0.25) is 5.95 Å². The maximum absolute atomic E-state index is 12.8. The Labute approximate surface area is 168 Å². The molecule has 1 aromatic heterocycles. The van der Waals surface area contributed by atoms with E-state index in [0.29, 0.717) is 23.2 Å². The molecule has 1 atom stereocenters. The molecule has 5 nitrogen and oxygen atoms in total. The number of carbonyl (C=O) groups is 1. The third-order valence-corrected chi connectivity index (χ3v) is 5.69. The molecule has 0 saturated carbocycles. The van der Waals surface area contributed by atoms with Crippen LogP contribution in [-0.4, -0.2) is 20.5 Å². The van der Waals surface area contributed by atoms with Gasteiger partial charge in [0.25, 0.3) is 0 Å². The molecule has 1 unspecified atom stereocenters. The zero-order valence-corrected chi connectivity index (χ0v) is 16.2. The molecular weight excluding hydrogens is 372 g/mol. The van der Waals surface area contributed by atoms with Crippen molar-refractivity contribution in [2.45, 2.75) is 32.2 Å². The van der Waals surface area contributed by atoms with Crippen LogP contribution in [0.5, 0.6) is 0 Å². The van der Waals surface area contributed by atoms with Crippen LogP contribution in [0.15, 0.2) is 59.8 Å². The first-order valence-electron chi connectivity index (χ1n) is 9.43. The number of hydrogen-bond donors (Lipinski definition) is 1. The van der Waals surface area contributed by atoms with Crippen LogP contribution in [0.4, 0.5) is 5.95 Å². The lowest BCUT2D eigenvalue weighted by Gasteiger charge is -2.32. The molecule has 28 heavy (non-hydrogen) atoms. The van der Waals surface area contributed by atoms with E-state index in [9.17, 15) is 4.79 Å². The molecule has 2 heterocycles. The molecule has 1 aliphatic carbocycles. The minimum Gasteiger partial charge on any atom is -0.328 e. The molecule has 3 aromatic rings. The SMILES string of the molecule is Cc1ccccc1-c1nc2n(n1)C(c1ccc(Cl)cc1)C1=C(CCCC1=O)N2. The number of benzene rings is 2. The number of hydrogen-bond acceptors (Lipinski definition) is 4. The van der Waals surface area contributed by atoms with E-state index in [1.807, 2.05) is 60.1 Å². The van der Waals surface area contributed by atoms with Crippen LogP contribution in [-0.2, 0) is 4.79 Å². The molecule has 0 bridgehead atoms. The molecule has 0 fully saturated rings. The van der Waals surface area contributed by atoms with Gasteiger partial charge in [-0.25, -0.2) is 4.68 Å². The van der Waals surface area contributed by atoms with Crippen LogP contribution < -0.4 is 5.32 Å². The fraction of sp³-hybridized carbons (Fsp3) is 0.227. The summed E-state index contributed by atoms with van der Waals surface area (Å²) in [6, 6.07) is 15.4. The van der Waals surface area contributed by atoms with Crippen LogP contribution in [0.3, 0.4) is 0 Å². The van der Waals surface area contributed by atoms with Gasteiger partial charge in [0.05, 0.1) is 0 Å². The highest BCUT2D eigenvalue weighted by Crippen LogP contribution is 2.40. The molecule has 1 aliphatic heterocycles. The lowest BCUT2D eigenvalue weighted by Crippen LogP contribution is -2.31. The number of anilines is 1. The zero-order chi connectivity index (χ0) is 19.3. The van der Waals surface area contributed by atoms with Crippen LogP contribution >= 0.6 is 11.6 Å². The van der Waals surface area contributed by atoms with Gasteiger partial charge in [-0.1, -0.05) is 48.0 Å². The number of allylic oxidation sites excluding steroid dienone is 2. The van der Waals surface area contributed by atoms with Gasteiger partial charge in [-0.05, 0) is 43.0 Å². The van der Waals surface area contributed by atoms with Crippen LogP contribution in [0, 0.1) is 6.92 Å². The van der Waals surface area contributed by atoms with E-state index in [1.54, 1.807) is 0 Å². The molecule has 0 radical (unpaired) electrons. The maximum Gasteiger partial charge on any atom is 0.226 e. The Morgan fingerprint density at radius 2 is 1.89 bits per heavy atom. The first-order valence-corrected chi connectivity index (χ1v) is 9.81. The van der Waals surface area contributed by atoms with Crippen molar-refractivity contribution in [1.82, 2.24) is 14.8 Å². The summed E-state index contributed by atoms with van der Waals surface area (Å²) in [5.74, 6) is 1.51. The van der Waals surface area contributed by atoms with Crippen molar-refractivity contribution < 1.29 is 4.79 Å². The molecule has 0 amide bonds. The topological polar surface area (TPSA) is 59.8 Å². The monoisotopic (exact) mass is 390 g/mol. The lowest BCUT2D eigenvalue weighted by molar-refractivity contribution is -0.116. The van der Waals surface area contributed by atoms with Crippen molar-refractivity contribution in [3.05, 3.63) is 76.0 Å². The average Bonchev–Trinajstić information content (AvgIpc) is 3.11. The van der Waals surface area contributed by atoms with Gasteiger partial charge >= 0.3 is 0 Å². The van der Waals surface area contributed by atoms with Crippen LogP contribution in [0.25, 0.3) is 11.4 Å². The van der Waals surface area contributed by atoms with Gasteiger partial charge in [0, 0.05) is 28.3 Å². The Bertz CT molecular complexity index is 1110. The normalized spacial score (nSPS) is 18.5. The summed E-state index contributed by atoms with van der Waals surface area (Å²) in [5, 5.41) is 8.85. The second-order valence-electron chi connectivity index (χ2n) is 7.27. The standard InChI is InChI=1S/C22H19ClN4O/c1-13-5-2-3-6-16(13)21-25-22-24-17-7-4-8-18(28)19(17)20(27(22)26-21)14-9-11-15(23)12-10-14/h2-3,5-6,9-12,20H,4,7-8H2,1H3,(H,24,25,26). The second-order valence-corrected chi connectivity index (χ2v) is 7.70. The van der Waals surface area contributed by atoms with E-state index < -0.39 is 0 Å². The first-order chi connectivity index (χ1) is 13.6. The number of rotatable bonds is 2. The molecule has 5 rings (SSSR count). The van der Waals surface area contributed by atoms with E-state index in [0.717, 1.165) is 40.8 Å². The van der Waals surface area contributed by atoms with Crippen molar-refractivity contribution in [2.75, 3.05) is 5.32 Å². The van der Waals surface area contributed by atoms with Crippen molar-refractivity contribution in [1.29, 1.82) is 0 Å². The number of ketones is 1. The largest absolute Gasteiger partial charge is 0.328 e. The summed E-state index contributed by atoms with van der Waals surface area (Å²) >= 11 is 6.09. The molecule has 140 valence electrons. The number of nitrogens with one attached hydrogen (secondary N) is 1. The molecule has 1 N–H and O–H groups in total. The van der Waals surface area contributed by atoms with Crippen molar-refractivity contribution in [2.24, 2.45) is 0 Å². The summed E-state index contributed by atoms with van der Waals surface area (Å²) in [7, 11) is 0. The van der Waals surface area contributed by atoms with E-state index in [4.69, 9.17) is 21.7 Å². The van der Waals surface area contributed by atoms with Gasteiger partial charge in [-0.15, -0.1) is 5.10 Å². The second kappa shape index (κ2) is 6.60. The van der Waals surface area contributed by atoms with Crippen molar-refractivity contribution in [3.8, 4) is 11.4 Å². The number of fused-ring (bicyclic) bond motifs is 1. The first kappa shape index (κ1) is 17.2. The molecule has 0 spiro atoms. The van der Waals surface area contributed by atoms with Gasteiger partial charge in [-0.2, -0.15) is 4.98 Å². The Kier molecular flexibility index (Phi) is 4.05. The predicted octanol–water partition coefficient (Wildman–Crippen LogP) is 4.93. The highest BCUT2D eigenvalue weighted by Gasteiger charge is 2.36. The smallest absolute Gasteiger partial charge is 0.226 e. The minimum atomic E-state index is -0.290. The molecular formula is C22H19ClN4O. The Morgan fingerprint density at radius 3 is 2.68 bits per heavy atom. The molecule has 2 aliphatic rings. The van der Waals surface area contributed by atoms with Crippen LogP contribution in [0.1, 0.15) is 36.4 Å². The maximum atomic E-state index is 12.8. The minimum absolute atomic E-state index is 0.173. The summed E-state index contributed by atoms with van der Waals surface area (Å²) in [5.41, 5.74) is 4.85.